The Morgan fingerprint density at radius 3 is 2.26 bits per heavy atom. The van der Waals surface area contributed by atoms with Crippen molar-refractivity contribution in [2.45, 2.75) is 31.7 Å². The van der Waals surface area contributed by atoms with Gasteiger partial charge in [0.2, 0.25) is 0 Å². The number of fused-ring (bicyclic) bond motifs is 1. The maximum atomic E-state index is 6.44. The number of aryl methyl sites for hydroxylation is 1. The molecule has 3 rings (SSSR count). The molecule has 1 unspecified atom stereocenters. The second-order valence-electron chi connectivity index (χ2n) is 5.91. The standard InChI is InChI=1S/C21H23N.ClH/c22-21(16-7-4-11-17-9-2-1-3-10-17)20-15-8-13-18-12-5-6-14-19(18)20;/h1-3,5-6,8-10,12-15,21H,4,7,11,16,22H2;1H. The molecule has 0 spiro atoms. The molecule has 3 aromatic rings. The van der Waals surface area contributed by atoms with Gasteiger partial charge in [-0.1, -0.05) is 79.2 Å². The third kappa shape index (κ3) is 4.57. The van der Waals surface area contributed by atoms with Gasteiger partial charge < -0.3 is 5.73 Å². The molecule has 120 valence electrons. The van der Waals surface area contributed by atoms with E-state index in [1.54, 1.807) is 0 Å². The van der Waals surface area contributed by atoms with Crippen molar-refractivity contribution < 1.29 is 0 Å². The highest BCUT2D eigenvalue weighted by Gasteiger charge is 2.09. The van der Waals surface area contributed by atoms with Crippen LogP contribution in [0.15, 0.2) is 72.8 Å². The normalized spacial score (nSPS) is 11.9. The third-order valence-electron chi connectivity index (χ3n) is 4.30. The highest BCUT2D eigenvalue weighted by Crippen LogP contribution is 2.26. The Labute approximate surface area is 144 Å². The summed E-state index contributed by atoms with van der Waals surface area (Å²) in [7, 11) is 0. The van der Waals surface area contributed by atoms with Gasteiger partial charge in [-0.25, -0.2) is 0 Å². The first-order chi connectivity index (χ1) is 10.8. The average Bonchev–Trinajstić information content (AvgIpc) is 2.59. The molecule has 1 nitrogen and oxygen atoms in total. The van der Waals surface area contributed by atoms with Gasteiger partial charge in [-0.3, -0.25) is 0 Å². The number of nitrogens with two attached hydrogens (primary N) is 1. The molecule has 0 radical (unpaired) electrons. The van der Waals surface area contributed by atoms with Gasteiger partial charge in [0.25, 0.3) is 0 Å². The lowest BCUT2D eigenvalue weighted by atomic mass is 9.95. The zero-order valence-electron chi connectivity index (χ0n) is 13.3. The lowest BCUT2D eigenvalue weighted by molar-refractivity contribution is 0.589. The fourth-order valence-electron chi connectivity index (χ4n) is 3.07. The molecule has 3 aromatic carbocycles. The fraction of sp³-hybridized carbons (Fsp3) is 0.238. The summed E-state index contributed by atoms with van der Waals surface area (Å²) >= 11 is 0. The molecule has 0 aliphatic heterocycles. The molecule has 1 atom stereocenters. The maximum absolute atomic E-state index is 6.44. The highest BCUT2D eigenvalue weighted by molar-refractivity contribution is 5.86. The molecule has 2 N–H and O–H groups in total. The van der Waals surface area contributed by atoms with Gasteiger partial charge in [-0.2, -0.15) is 0 Å². The Bertz CT molecular complexity index is 719. The number of unbranched alkanes of at least 4 members (excludes halogenated alkanes) is 1. The summed E-state index contributed by atoms with van der Waals surface area (Å²) in [6, 6.07) is 25.7. The number of halogens is 1. The van der Waals surface area contributed by atoms with Crippen molar-refractivity contribution in [3.05, 3.63) is 83.9 Å². The number of hydrogen-bond donors (Lipinski definition) is 1. The number of benzene rings is 3. The predicted octanol–water partition coefficient (Wildman–Crippen LogP) is 5.67. The van der Waals surface area contributed by atoms with Crippen molar-refractivity contribution in [1.82, 2.24) is 0 Å². The van der Waals surface area contributed by atoms with Crippen LogP contribution < -0.4 is 5.73 Å². The van der Waals surface area contributed by atoms with Crippen molar-refractivity contribution in [3.8, 4) is 0 Å². The zero-order chi connectivity index (χ0) is 15.2. The van der Waals surface area contributed by atoms with Gasteiger partial charge in [-0.05, 0) is 41.2 Å². The van der Waals surface area contributed by atoms with Crippen molar-refractivity contribution in [1.29, 1.82) is 0 Å². The van der Waals surface area contributed by atoms with Gasteiger partial charge in [-0.15, -0.1) is 12.4 Å². The van der Waals surface area contributed by atoms with Crippen molar-refractivity contribution in [2.75, 3.05) is 0 Å². The molecule has 0 fully saturated rings. The van der Waals surface area contributed by atoms with Crippen LogP contribution in [0.1, 0.15) is 36.4 Å². The minimum atomic E-state index is 0. The van der Waals surface area contributed by atoms with E-state index in [1.165, 1.54) is 34.7 Å². The van der Waals surface area contributed by atoms with Crippen LogP contribution in [-0.2, 0) is 6.42 Å². The fourth-order valence-corrected chi connectivity index (χ4v) is 3.07. The Morgan fingerprint density at radius 1 is 0.739 bits per heavy atom. The van der Waals surface area contributed by atoms with E-state index in [0.717, 1.165) is 12.8 Å². The molecule has 0 saturated carbocycles. The largest absolute Gasteiger partial charge is 0.324 e. The first-order valence-electron chi connectivity index (χ1n) is 8.12. The molecule has 0 aromatic heterocycles. The Kier molecular flexibility index (Phi) is 6.64. The Morgan fingerprint density at radius 2 is 1.43 bits per heavy atom. The Balaban J connectivity index is 0.00000192. The molecule has 0 amide bonds. The molecule has 0 heterocycles. The molecule has 23 heavy (non-hydrogen) atoms. The first-order valence-corrected chi connectivity index (χ1v) is 8.12. The summed E-state index contributed by atoms with van der Waals surface area (Å²) in [5.74, 6) is 0. The summed E-state index contributed by atoms with van der Waals surface area (Å²) in [5, 5.41) is 2.57. The molecule has 0 aliphatic carbocycles. The molecule has 2 heteroatoms. The molecular weight excluding hydrogens is 302 g/mol. The van der Waals surface area contributed by atoms with Crippen LogP contribution in [0.3, 0.4) is 0 Å². The summed E-state index contributed by atoms with van der Waals surface area (Å²) in [4.78, 5) is 0. The van der Waals surface area contributed by atoms with Crippen LogP contribution in [0, 0.1) is 0 Å². The van der Waals surface area contributed by atoms with Crippen LogP contribution >= 0.6 is 12.4 Å². The topological polar surface area (TPSA) is 26.0 Å². The van der Waals surface area contributed by atoms with E-state index in [4.69, 9.17) is 5.73 Å². The average molecular weight is 326 g/mol. The Hall–Kier alpha value is -1.83. The van der Waals surface area contributed by atoms with Gasteiger partial charge in [0.15, 0.2) is 0 Å². The minimum absolute atomic E-state index is 0. The molecule has 0 aliphatic rings. The van der Waals surface area contributed by atoms with Crippen LogP contribution in [0.25, 0.3) is 10.8 Å². The molecular formula is C21H24ClN. The monoisotopic (exact) mass is 325 g/mol. The SMILES string of the molecule is Cl.NC(CCCCc1ccccc1)c1cccc2ccccc12. The van der Waals surface area contributed by atoms with Gasteiger partial charge in [0.1, 0.15) is 0 Å². The van der Waals surface area contributed by atoms with E-state index in [1.807, 2.05) is 0 Å². The second-order valence-corrected chi connectivity index (χ2v) is 5.91. The van der Waals surface area contributed by atoms with Crippen molar-refractivity contribution in [2.24, 2.45) is 5.73 Å². The van der Waals surface area contributed by atoms with Gasteiger partial charge in [0.05, 0.1) is 0 Å². The van der Waals surface area contributed by atoms with Crippen LogP contribution in [0.5, 0.6) is 0 Å². The van der Waals surface area contributed by atoms with Crippen LogP contribution in [0.2, 0.25) is 0 Å². The summed E-state index contributed by atoms with van der Waals surface area (Å²) < 4.78 is 0. The predicted molar refractivity (Wildman–Crippen MR) is 102 cm³/mol. The number of rotatable bonds is 6. The number of hydrogen-bond acceptors (Lipinski definition) is 1. The maximum Gasteiger partial charge on any atom is 0.0301 e. The summed E-state index contributed by atoms with van der Waals surface area (Å²) in [6.45, 7) is 0. The van der Waals surface area contributed by atoms with E-state index in [-0.39, 0.29) is 18.4 Å². The van der Waals surface area contributed by atoms with E-state index in [0.29, 0.717) is 0 Å². The molecule has 0 bridgehead atoms. The van der Waals surface area contributed by atoms with E-state index in [9.17, 15) is 0 Å². The highest BCUT2D eigenvalue weighted by atomic mass is 35.5. The lowest BCUT2D eigenvalue weighted by Gasteiger charge is -2.14. The minimum Gasteiger partial charge on any atom is -0.324 e. The van der Waals surface area contributed by atoms with Gasteiger partial charge in [0, 0.05) is 6.04 Å². The third-order valence-corrected chi connectivity index (χ3v) is 4.30. The van der Waals surface area contributed by atoms with E-state index in [2.05, 4.69) is 72.8 Å². The van der Waals surface area contributed by atoms with E-state index >= 15 is 0 Å². The lowest BCUT2D eigenvalue weighted by Crippen LogP contribution is -2.10. The van der Waals surface area contributed by atoms with Crippen LogP contribution in [-0.4, -0.2) is 0 Å². The second kappa shape index (κ2) is 8.71. The summed E-state index contributed by atoms with van der Waals surface area (Å²) in [6.07, 6.45) is 4.55. The smallest absolute Gasteiger partial charge is 0.0301 e. The van der Waals surface area contributed by atoms with Crippen molar-refractivity contribution >= 4 is 23.2 Å². The first kappa shape index (κ1) is 17.5. The van der Waals surface area contributed by atoms with E-state index < -0.39 is 0 Å². The molecule has 0 saturated heterocycles. The van der Waals surface area contributed by atoms with Crippen LogP contribution in [0.4, 0.5) is 0 Å². The summed E-state index contributed by atoms with van der Waals surface area (Å²) in [5.41, 5.74) is 9.13. The van der Waals surface area contributed by atoms with Gasteiger partial charge >= 0.3 is 0 Å². The zero-order valence-corrected chi connectivity index (χ0v) is 14.1. The quantitative estimate of drug-likeness (QED) is 0.580. The van der Waals surface area contributed by atoms with Crippen molar-refractivity contribution in [3.63, 3.8) is 0 Å².